The van der Waals surface area contributed by atoms with Gasteiger partial charge in [-0.25, -0.2) is 4.39 Å². The Balaban J connectivity index is 0.00000256. The van der Waals surface area contributed by atoms with Gasteiger partial charge >= 0.3 is 0 Å². The lowest BCUT2D eigenvalue weighted by molar-refractivity contribution is 0.0374. The number of nitrogens with one attached hydrogen (secondary N) is 1. The SMILES string of the molecule is Cl.O=C(c1cccc(CCCN2CCOCC2)c1)c1c[nH]nc1-c1ccc(F)cc1. The molecule has 0 amide bonds. The molecule has 5 nitrogen and oxygen atoms in total. The summed E-state index contributed by atoms with van der Waals surface area (Å²) in [5, 5.41) is 6.97. The zero-order valence-corrected chi connectivity index (χ0v) is 17.5. The highest BCUT2D eigenvalue weighted by Gasteiger charge is 2.18. The van der Waals surface area contributed by atoms with Crippen molar-refractivity contribution in [1.82, 2.24) is 15.1 Å². The quantitative estimate of drug-likeness (QED) is 0.573. The van der Waals surface area contributed by atoms with E-state index in [1.54, 1.807) is 18.3 Å². The van der Waals surface area contributed by atoms with Gasteiger partial charge < -0.3 is 4.74 Å². The molecule has 0 radical (unpaired) electrons. The zero-order chi connectivity index (χ0) is 20.1. The molecule has 4 rings (SSSR count). The summed E-state index contributed by atoms with van der Waals surface area (Å²) in [5.41, 5.74) is 3.52. The van der Waals surface area contributed by atoms with E-state index in [0.29, 0.717) is 22.4 Å². The maximum atomic E-state index is 13.2. The minimum absolute atomic E-state index is 0. The predicted molar refractivity (Wildman–Crippen MR) is 117 cm³/mol. The van der Waals surface area contributed by atoms with Gasteiger partial charge in [0.1, 0.15) is 11.5 Å². The number of morpholine rings is 1. The number of halogens is 2. The molecule has 1 aliphatic rings. The monoisotopic (exact) mass is 429 g/mol. The number of aromatic nitrogens is 2. The Morgan fingerprint density at radius 3 is 2.67 bits per heavy atom. The number of carbonyl (C=O) groups is 1. The predicted octanol–water partition coefficient (Wildman–Crippen LogP) is 4.13. The van der Waals surface area contributed by atoms with Gasteiger partial charge in [-0.15, -0.1) is 12.4 Å². The zero-order valence-electron chi connectivity index (χ0n) is 16.6. The lowest BCUT2D eigenvalue weighted by Gasteiger charge is -2.26. The number of benzene rings is 2. The highest BCUT2D eigenvalue weighted by molar-refractivity contribution is 6.12. The molecule has 158 valence electrons. The topological polar surface area (TPSA) is 58.2 Å². The first-order valence-electron chi connectivity index (χ1n) is 9.94. The standard InChI is InChI=1S/C23H24FN3O2.ClH/c24-20-8-6-18(7-9-20)22-21(16-25-26-22)23(28)19-5-1-3-17(15-19)4-2-10-27-11-13-29-14-12-27;/h1,3,5-9,15-16H,2,4,10-14H2,(H,25,26);1H. The molecule has 0 aliphatic carbocycles. The number of nitrogens with zero attached hydrogens (tertiary/aromatic N) is 2. The number of carbonyl (C=O) groups excluding carboxylic acids is 1. The Morgan fingerprint density at radius 2 is 1.90 bits per heavy atom. The third kappa shape index (κ3) is 5.33. The second-order valence-electron chi connectivity index (χ2n) is 7.24. The van der Waals surface area contributed by atoms with E-state index in [1.807, 2.05) is 18.2 Å². The van der Waals surface area contributed by atoms with Crippen LogP contribution in [0.1, 0.15) is 27.9 Å². The summed E-state index contributed by atoms with van der Waals surface area (Å²) in [4.78, 5) is 15.5. The van der Waals surface area contributed by atoms with Crippen molar-refractivity contribution in [2.45, 2.75) is 12.8 Å². The summed E-state index contributed by atoms with van der Waals surface area (Å²) < 4.78 is 18.6. The molecule has 0 spiro atoms. The Labute approximate surface area is 181 Å². The average Bonchev–Trinajstić information content (AvgIpc) is 3.25. The lowest BCUT2D eigenvalue weighted by Crippen LogP contribution is -2.36. The summed E-state index contributed by atoms with van der Waals surface area (Å²) in [6, 6.07) is 13.8. The molecule has 0 bridgehead atoms. The minimum Gasteiger partial charge on any atom is -0.379 e. The Bertz CT molecular complexity index is 969. The molecule has 3 aromatic rings. The summed E-state index contributed by atoms with van der Waals surface area (Å²) >= 11 is 0. The molecule has 1 N–H and O–H groups in total. The van der Waals surface area contributed by atoms with Crippen molar-refractivity contribution in [3.63, 3.8) is 0 Å². The van der Waals surface area contributed by atoms with Crippen molar-refractivity contribution in [2.24, 2.45) is 0 Å². The molecule has 2 heterocycles. The van der Waals surface area contributed by atoms with Gasteiger partial charge in [-0.1, -0.05) is 18.2 Å². The van der Waals surface area contributed by atoms with Gasteiger partial charge in [-0.2, -0.15) is 5.10 Å². The van der Waals surface area contributed by atoms with Gasteiger partial charge in [-0.05, 0) is 55.3 Å². The fourth-order valence-corrected chi connectivity index (χ4v) is 3.65. The van der Waals surface area contributed by atoms with Gasteiger partial charge in [0.2, 0.25) is 0 Å². The third-order valence-corrected chi connectivity index (χ3v) is 5.24. The Hall–Kier alpha value is -2.54. The first-order chi connectivity index (χ1) is 14.2. The van der Waals surface area contributed by atoms with Crippen LogP contribution in [0.3, 0.4) is 0 Å². The van der Waals surface area contributed by atoms with E-state index in [0.717, 1.165) is 51.3 Å². The molecule has 2 aromatic carbocycles. The van der Waals surface area contributed by atoms with Crippen molar-refractivity contribution in [1.29, 1.82) is 0 Å². The van der Waals surface area contributed by atoms with E-state index in [2.05, 4.69) is 21.2 Å². The minimum atomic E-state index is -0.318. The van der Waals surface area contributed by atoms with Crippen molar-refractivity contribution in [2.75, 3.05) is 32.8 Å². The lowest BCUT2D eigenvalue weighted by atomic mass is 9.98. The molecular formula is C23H25ClFN3O2. The van der Waals surface area contributed by atoms with Crippen molar-refractivity contribution in [3.05, 3.63) is 77.2 Å². The van der Waals surface area contributed by atoms with E-state index in [1.165, 1.54) is 12.1 Å². The van der Waals surface area contributed by atoms with E-state index >= 15 is 0 Å². The largest absolute Gasteiger partial charge is 0.379 e. The number of ether oxygens (including phenoxy) is 1. The molecule has 0 atom stereocenters. The van der Waals surface area contributed by atoms with Crippen LogP contribution in [-0.2, 0) is 11.2 Å². The van der Waals surface area contributed by atoms with Crippen molar-refractivity contribution < 1.29 is 13.9 Å². The third-order valence-electron chi connectivity index (χ3n) is 5.24. The van der Waals surface area contributed by atoms with Gasteiger partial charge in [0.05, 0.1) is 18.8 Å². The van der Waals surface area contributed by atoms with E-state index < -0.39 is 0 Å². The van der Waals surface area contributed by atoms with Crippen LogP contribution in [0.15, 0.2) is 54.7 Å². The van der Waals surface area contributed by atoms with Gasteiger partial charge in [-0.3, -0.25) is 14.8 Å². The maximum absolute atomic E-state index is 13.2. The normalized spacial score (nSPS) is 14.3. The molecule has 1 aliphatic heterocycles. The second-order valence-corrected chi connectivity index (χ2v) is 7.24. The van der Waals surface area contributed by atoms with Crippen LogP contribution in [0.5, 0.6) is 0 Å². The van der Waals surface area contributed by atoms with Crippen LogP contribution in [0.2, 0.25) is 0 Å². The summed E-state index contributed by atoms with van der Waals surface area (Å²) in [6.07, 6.45) is 3.57. The van der Waals surface area contributed by atoms with Crippen LogP contribution < -0.4 is 0 Å². The summed E-state index contributed by atoms with van der Waals surface area (Å²) in [7, 11) is 0. The highest BCUT2D eigenvalue weighted by Crippen LogP contribution is 2.24. The number of H-pyrrole nitrogens is 1. The van der Waals surface area contributed by atoms with Crippen LogP contribution in [-0.4, -0.2) is 53.7 Å². The first-order valence-corrected chi connectivity index (χ1v) is 9.94. The molecule has 1 fully saturated rings. The number of aryl methyl sites for hydroxylation is 1. The molecule has 0 unspecified atom stereocenters. The van der Waals surface area contributed by atoms with Crippen LogP contribution in [0.4, 0.5) is 4.39 Å². The van der Waals surface area contributed by atoms with Crippen LogP contribution >= 0.6 is 12.4 Å². The molecule has 0 saturated carbocycles. The maximum Gasteiger partial charge on any atom is 0.196 e. The van der Waals surface area contributed by atoms with Gasteiger partial charge in [0, 0.05) is 30.4 Å². The fraction of sp³-hybridized carbons (Fsp3) is 0.304. The second kappa shape index (κ2) is 10.5. The van der Waals surface area contributed by atoms with Crippen molar-refractivity contribution >= 4 is 18.2 Å². The molecular weight excluding hydrogens is 405 g/mol. The molecule has 30 heavy (non-hydrogen) atoms. The smallest absolute Gasteiger partial charge is 0.196 e. The first kappa shape index (κ1) is 22.2. The van der Waals surface area contributed by atoms with Crippen molar-refractivity contribution in [3.8, 4) is 11.3 Å². The Morgan fingerprint density at radius 1 is 1.13 bits per heavy atom. The van der Waals surface area contributed by atoms with Crippen LogP contribution in [0, 0.1) is 5.82 Å². The highest BCUT2D eigenvalue weighted by atomic mass is 35.5. The number of hydrogen-bond acceptors (Lipinski definition) is 4. The summed E-state index contributed by atoms with van der Waals surface area (Å²) in [6.45, 7) is 4.64. The van der Waals surface area contributed by atoms with Crippen LogP contribution in [0.25, 0.3) is 11.3 Å². The average molecular weight is 430 g/mol. The fourth-order valence-electron chi connectivity index (χ4n) is 3.65. The Kier molecular flexibility index (Phi) is 7.74. The van der Waals surface area contributed by atoms with E-state index in [-0.39, 0.29) is 24.0 Å². The number of rotatable bonds is 7. The number of hydrogen-bond donors (Lipinski definition) is 1. The number of ketones is 1. The van der Waals surface area contributed by atoms with Gasteiger partial charge in [0.15, 0.2) is 5.78 Å². The van der Waals surface area contributed by atoms with E-state index in [9.17, 15) is 9.18 Å². The van der Waals surface area contributed by atoms with Gasteiger partial charge in [0.25, 0.3) is 0 Å². The number of aromatic amines is 1. The molecule has 1 saturated heterocycles. The molecule has 1 aromatic heterocycles. The summed E-state index contributed by atoms with van der Waals surface area (Å²) in [5.74, 6) is -0.407. The molecule has 7 heteroatoms. The van der Waals surface area contributed by atoms with E-state index in [4.69, 9.17) is 4.74 Å².